The van der Waals surface area contributed by atoms with Gasteiger partial charge in [-0.25, -0.2) is 18.4 Å². The maximum atomic E-state index is 13.1. The van der Waals surface area contributed by atoms with E-state index in [9.17, 15) is 8.42 Å². The summed E-state index contributed by atoms with van der Waals surface area (Å²) < 4.78 is 26.2. The summed E-state index contributed by atoms with van der Waals surface area (Å²) in [5, 5.41) is 2.57. The second-order valence-electron chi connectivity index (χ2n) is 7.67. The van der Waals surface area contributed by atoms with Crippen LogP contribution in [0.3, 0.4) is 0 Å². The summed E-state index contributed by atoms with van der Waals surface area (Å²) in [6, 6.07) is 9.39. The number of sulfone groups is 1. The molecule has 1 aromatic carbocycles. The van der Waals surface area contributed by atoms with Crippen LogP contribution in [-0.4, -0.2) is 47.2 Å². The molecule has 5 rings (SSSR count). The Labute approximate surface area is 168 Å². The highest BCUT2D eigenvalue weighted by Gasteiger charge is 2.36. The molecule has 8 heteroatoms. The molecular weight excluding hydrogens is 386 g/mol. The molecule has 0 amide bonds. The van der Waals surface area contributed by atoms with E-state index in [1.807, 2.05) is 25.4 Å². The molecule has 0 saturated heterocycles. The third-order valence-corrected chi connectivity index (χ3v) is 7.79. The fourth-order valence-electron chi connectivity index (χ4n) is 4.23. The van der Waals surface area contributed by atoms with E-state index in [1.54, 1.807) is 36.9 Å². The normalized spacial score (nSPS) is 19.3. The van der Waals surface area contributed by atoms with Crippen molar-refractivity contribution in [3.8, 4) is 0 Å². The van der Waals surface area contributed by atoms with E-state index in [2.05, 4.69) is 24.8 Å². The summed E-state index contributed by atoms with van der Waals surface area (Å²) >= 11 is 0. The molecule has 3 aromatic heterocycles. The Bertz CT molecular complexity index is 1290. The van der Waals surface area contributed by atoms with E-state index in [1.165, 1.54) is 0 Å². The first-order chi connectivity index (χ1) is 14.0. The van der Waals surface area contributed by atoms with Crippen LogP contribution >= 0.6 is 0 Å². The number of aromatic amines is 1. The van der Waals surface area contributed by atoms with Gasteiger partial charge in [0.25, 0.3) is 0 Å². The molecule has 4 aromatic rings. The van der Waals surface area contributed by atoms with Gasteiger partial charge in [-0.1, -0.05) is 12.1 Å². The molecule has 1 fully saturated rings. The molecule has 29 heavy (non-hydrogen) atoms. The molecular formula is C21H21N5O2S. The number of fused-ring (bicyclic) bond motifs is 2. The molecule has 7 nitrogen and oxygen atoms in total. The molecule has 0 atom stereocenters. The lowest BCUT2D eigenvalue weighted by Gasteiger charge is -2.41. The molecule has 0 unspecified atom stereocenters. The predicted octanol–water partition coefficient (Wildman–Crippen LogP) is 3.19. The van der Waals surface area contributed by atoms with Crippen LogP contribution in [0.1, 0.15) is 12.8 Å². The SMILES string of the molecule is CN(c1ncnc2[nH]ccc12)[C@H]1C[C@@H](CS(=O)(=O)c2cccc3cnccc23)C1. The zero-order valence-electron chi connectivity index (χ0n) is 16.0. The zero-order valence-corrected chi connectivity index (χ0v) is 16.8. The average molecular weight is 407 g/mol. The summed E-state index contributed by atoms with van der Waals surface area (Å²) in [4.78, 5) is 18.4. The Morgan fingerprint density at radius 3 is 2.86 bits per heavy atom. The Morgan fingerprint density at radius 1 is 1.14 bits per heavy atom. The van der Waals surface area contributed by atoms with Gasteiger partial charge < -0.3 is 9.88 Å². The van der Waals surface area contributed by atoms with Crippen LogP contribution in [0.5, 0.6) is 0 Å². The Kier molecular flexibility index (Phi) is 4.24. The molecule has 1 aliphatic rings. The van der Waals surface area contributed by atoms with Crippen LogP contribution < -0.4 is 4.90 Å². The van der Waals surface area contributed by atoms with Gasteiger partial charge in [-0.15, -0.1) is 0 Å². The van der Waals surface area contributed by atoms with Crippen molar-refractivity contribution in [1.82, 2.24) is 19.9 Å². The number of hydrogen-bond donors (Lipinski definition) is 1. The van der Waals surface area contributed by atoms with E-state index in [0.29, 0.717) is 4.90 Å². The molecule has 0 bridgehead atoms. The van der Waals surface area contributed by atoms with Gasteiger partial charge in [0.05, 0.1) is 16.0 Å². The number of pyridine rings is 1. The van der Waals surface area contributed by atoms with E-state index < -0.39 is 9.84 Å². The molecule has 148 valence electrons. The number of hydrogen-bond acceptors (Lipinski definition) is 6. The third-order valence-electron chi connectivity index (χ3n) is 5.86. The van der Waals surface area contributed by atoms with Crippen molar-refractivity contribution in [3.05, 3.63) is 55.2 Å². The summed E-state index contributed by atoms with van der Waals surface area (Å²) in [5.41, 5.74) is 0.811. The van der Waals surface area contributed by atoms with Gasteiger partial charge in [-0.05, 0) is 37.0 Å². The Balaban J connectivity index is 1.32. The standard InChI is InChI=1S/C21H21N5O2S/c1-26(21-18-6-8-23-20(18)24-13-25-21)16-9-14(10-16)12-29(27,28)19-4-2-3-15-11-22-7-5-17(15)19/h2-8,11,13-14,16H,9-10,12H2,1H3,(H,23,24,25)/t14-,16+. The van der Waals surface area contributed by atoms with Gasteiger partial charge in [0.15, 0.2) is 9.84 Å². The maximum absolute atomic E-state index is 13.1. The van der Waals surface area contributed by atoms with Crippen molar-refractivity contribution in [1.29, 1.82) is 0 Å². The average Bonchev–Trinajstić information content (AvgIpc) is 3.18. The summed E-state index contributed by atoms with van der Waals surface area (Å²) in [6.07, 6.45) is 8.41. The van der Waals surface area contributed by atoms with E-state index in [0.717, 1.165) is 40.5 Å². The molecule has 0 spiro atoms. The lowest BCUT2D eigenvalue weighted by atomic mass is 9.81. The largest absolute Gasteiger partial charge is 0.356 e. The lowest BCUT2D eigenvalue weighted by molar-refractivity contribution is 0.282. The van der Waals surface area contributed by atoms with Gasteiger partial charge in [0.2, 0.25) is 0 Å². The van der Waals surface area contributed by atoms with Crippen molar-refractivity contribution in [3.63, 3.8) is 0 Å². The van der Waals surface area contributed by atoms with Crippen molar-refractivity contribution in [2.75, 3.05) is 17.7 Å². The molecule has 0 aliphatic heterocycles. The van der Waals surface area contributed by atoms with Crippen molar-refractivity contribution in [2.45, 2.75) is 23.8 Å². The highest BCUT2D eigenvalue weighted by molar-refractivity contribution is 7.91. The van der Waals surface area contributed by atoms with Crippen LogP contribution in [0.4, 0.5) is 5.82 Å². The number of aromatic nitrogens is 4. The minimum absolute atomic E-state index is 0.146. The van der Waals surface area contributed by atoms with Crippen LogP contribution in [-0.2, 0) is 9.84 Å². The maximum Gasteiger partial charge on any atom is 0.179 e. The van der Waals surface area contributed by atoms with E-state index >= 15 is 0 Å². The van der Waals surface area contributed by atoms with Gasteiger partial charge >= 0.3 is 0 Å². The Hall–Kier alpha value is -3.00. The second kappa shape index (κ2) is 6.81. The first-order valence-corrected chi connectivity index (χ1v) is 11.2. The van der Waals surface area contributed by atoms with Gasteiger partial charge in [0, 0.05) is 42.5 Å². The number of nitrogens with zero attached hydrogens (tertiary/aromatic N) is 4. The number of anilines is 1. The molecule has 0 radical (unpaired) electrons. The molecule has 1 saturated carbocycles. The molecule has 3 heterocycles. The smallest absolute Gasteiger partial charge is 0.179 e. The topological polar surface area (TPSA) is 91.8 Å². The fraction of sp³-hybridized carbons (Fsp3) is 0.286. The van der Waals surface area contributed by atoms with Gasteiger partial charge in [-0.3, -0.25) is 4.98 Å². The predicted molar refractivity (Wildman–Crippen MR) is 113 cm³/mol. The first-order valence-electron chi connectivity index (χ1n) is 9.59. The van der Waals surface area contributed by atoms with E-state index in [-0.39, 0.29) is 17.7 Å². The summed E-state index contributed by atoms with van der Waals surface area (Å²) in [6.45, 7) is 0. The first kappa shape index (κ1) is 18.1. The number of nitrogens with one attached hydrogen (secondary N) is 1. The minimum Gasteiger partial charge on any atom is -0.356 e. The van der Waals surface area contributed by atoms with Crippen LogP contribution in [0, 0.1) is 5.92 Å². The van der Waals surface area contributed by atoms with Crippen molar-refractivity contribution >= 4 is 37.5 Å². The third kappa shape index (κ3) is 3.13. The summed E-state index contributed by atoms with van der Waals surface area (Å²) in [7, 11) is -1.35. The number of rotatable bonds is 5. The fourth-order valence-corrected chi connectivity index (χ4v) is 6.11. The van der Waals surface area contributed by atoms with Crippen molar-refractivity contribution in [2.24, 2.45) is 5.92 Å². The lowest BCUT2D eigenvalue weighted by Crippen LogP contribution is -2.45. The number of benzene rings is 1. The quantitative estimate of drug-likeness (QED) is 0.546. The van der Waals surface area contributed by atoms with Crippen LogP contribution in [0.2, 0.25) is 0 Å². The number of H-pyrrole nitrogens is 1. The molecule has 1 aliphatic carbocycles. The van der Waals surface area contributed by atoms with E-state index in [4.69, 9.17) is 0 Å². The highest BCUT2D eigenvalue weighted by Crippen LogP contribution is 2.37. The zero-order chi connectivity index (χ0) is 20.0. The minimum atomic E-state index is -3.36. The van der Waals surface area contributed by atoms with Gasteiger partial charge in [-0.2, -0.15) is 0 Å². The highest BCUT2D eigenvalue weighted by atomic mass is 32.2. The monoisotopic (exact) mass is 407 g/mol. The van der Waals surface area contributed by atoms with Crippen LogP contribution in [0.15, 0.2) is 60.1 Å². The van der Waals surface area contributed by atoms with Crippen molar-refractivity contribution < 1.29 is 8.42 Å². The molecule has 1 N–H and O–H groups in total. The van der Waals surface area contributed by atoms with Crippen LogP contribution in [0.25, 0.3) is 21.8 Å². The van der Waals surface area contributed by atoms with Gasteiger partial charge in [0.1, 0.15) is 17.8 Å². The summed E-state index contributed by atoms with van der Waals surface area (Å²) in [5.74, 6) is 1.19. The second-order valence-corrected chi connectivity index (χ2v) is 9.68. The Morgan fingerprint density at radius 2 is 2.00 bits per heavy atom.